The van der Waals surface area contributed by atoms with Crippen LogP contribution in [0.15, 0.2) is 60.8 Å². The van der Waals surface area contributed by atoms with Crippen molar-refractivity contribution >= 4 is 57.1 Å². The van der Waals surface area contributed by atoms with E-state index in [9.17, 15) is 29.1 Å². The fourth-order valence-corrected chi connectivity index (χ4v) is 6.91. The molecule has 43 heavy (non-hydrogen) atoms. The summed E-state index contributed by atoms with van der Waals surface area (Å²) in [4.78, 5) is 64.9. The lowest BCUT2D eigenvalue weighted by Crippen LogP contribution is -2.49. The maximum Gasteiger partial charge on any atom is 0.411 e. The minimum atomic E-state index is -1.07. The van der Waals surface area contributed by atoms with Gasteiger partial charge in [-0.2, -0.15) is 0 Å². The number of carbonyl (C=O) groups is 5. The predicted octanol–water partition coefficient (Wildman–Crippen LogP) is 4.26. The first-order valence-electron chi connectivity index (χ1n) is 13.8. The molecule has 2 aliphatic heterocycles. The zero-order valence-electron chi connectivity index (χ0n) is 23.7. The van der Waals surface area contributed by atoms with Crippen LogP contribution >= 0.6 is 21.6 Å². The van der Waals surface area contributed by atoms with Crippen molar-refractivity contribution in [2.75, 3.05) is 24.2 Å². The van der Waals surface area contributed by atoms with Crippen molar-refractivity contribution in [1.29, 1.82) is 0 Å². The number of carbonyl (C=O) groups excluding carboxylic acids is 4. The monoisotopic (exact) mass is 626 g/mol. The number of allylic oxidation sites excluding steroid dienone is 1. The number of nitrogens with zero attached hydrogens (tertiary/aromatic N) is 2. The minimum absolute atomic E-state index is 0.0802. The molecule has 0 saturated carbocycles. The molecule has 0 spiro atoms. The van der Waals surface area contributed by atoms with E-state index in [1.165, 1.54) is 31.4 Å². The van der Waals surface area contributed by atoms with E-state index in [1.807, 2.05) is 37.3 Å². The summed E-state index contributed by atoms with van der Waals surface area (Å²) in [5.41, 5.74) is 3.02. The van der Waals surface area contributed by atoms with Crippen molar-refractivity contribution in [2.24, 2.45) is 0 Å². The quantitative estimate of drug-likeness (QED) is 0.219. The lowest BCUT2D eigenvalue weighted by atomic mass is 10.0. The number of hydrogen-bond acceptors (Lipinski definition) is 8. The fourth-order valence-electron chi connectivity index (χ4n) is 4.80. The van der Waals surface area contributed by atoms with Gasteiger partial charge in [0.25, 0.3) is 5.91 Å². The second-order valence-electron chi connectivity index (χ2n) is 10.2. The molecule has 4 rings (SSSR count). The summed E-state index contributed by atoms with van der Waals surface area (Å²) in [6, 6.07) is 13.7. The smallest absolute Gasteiger partial charge is 0.411 e. The van der Waals surface area contributed by atoms with Crippen LogP contribution in [0.25, 0.3) is 0 Å². The highest BCUT2D eigenvalue weighted by molar-refractivity contribution is 8.76. The van der Waals surface area contributed by atoms with E-state index in [1.54, 1.807) is 18.2 Å². The van der Waals surface area contributed by atoms with Crippen LogP contribution in [0.5, 0.6) is 0 Å². The van der Waals surface area contributed by atoms with Gasteiger partial charge in [0.2, 0.25) is 11.8 Å². The van der Waals surface area contributed by atoms with Gasteiger partial charge in [0, 0.05) is 53.0 Å². The molecule has 2 aliphatic rings. The second kappa shape index (κ2) is 15.0. The molecule has 1 saturated heterocycles. The van der Waals surface area contributed by atoms with Crippen LogP contribution in [0.4, 0.5) is 10.5 Å². The molecule has 0 aromatic heterocycles. The number of carboxylic acid groups (broad SMARTS) is 1. The van der Waals surface area contributed by atoms with Crippen LogP contribution in [0.2, 0.25) is 0 Å². The SMILES string of the molecule is C=C1CCC(N2Cc3c(NC(=O)OCC(C)SSCCC(=O)N(CC(=O)O)Cc4ccccc4)cccc3C2=O)C(=O)N1. The highest BCUT2D eigenvalue weighted by atomic mass is 33.1. The third-order valence-corrected chi connectivity index (χ3v) is 9.77. The van der Waals surface area contributed by atoms with Crippen molar-refractivity contribution in [2.45, 2.75) is 50.6 Å². The highest BCUT2D eigenvalue weighted by Crippen LogP contribution is 2.33. The number of anilines is 1. The first-order valence-corrected chi connectivity index (χ1v) is 16.2. The van der Waals surface area contributed by atoms with E-state index in [0.29, 0.717) is 41.1 Å². The zero-order valence-corrected chi connectivity index (χ0v) is 25.4. The largest absolute Gasteiger partial charge is 0.480 e. The Bertz CT molecular complexity index is 1390. The molecule has 2 unspecified atom stereocenters. The van der Waals surface area contributed by atoms with Gasteiger partial charge in [-0.25, -0.2) is 4.79 Å². The maximum atomic E-state index is 13.0. The van der Waals surface area contributed by atoms with Crippen LogP contribution < -0.4 is 10.6 Å². The molecule has 3 N–H and O–H groups in total. The molecule has 4 amide bonds. The molecule has 1 fully saturated rings. The van der Waals surface area contributed by atoms with Crippen molar-refractivity contribution in [3.05, 3.63) is 77.5 Å². The van der Waals surface area contributed by atoms with E-state index in [-0.39, 0.29) is 55.6 Å². The van der Waals surface area contributed by atoms with Gasteiger partial charge in [-0.15, -0.1) is 0 Å². The molecule has 2 heterocycles. The minimum Gasteiger partial charge on any atom is -0.480 e. The van der Waals surface area contributed by atoms with E-state index in [4.69, 9.17) is 4.74 Å². The Balaban J connectivity index is 1.20. The predicted molar refractivity (Wildman–Crippen MR) is 165 cm³/mol. The van der Waals surface area contributed by atoms with Gasteiger partial charge in [-0.1, -0.05) is 64.6 Å². The molecular weight excluding hydrogens is 592 g/mol. The van der Waals surface area contributed by atoms with Crippen molar-refractivity contribution in [1.82, 2.24) is 15.1 Å². The summed E-state index contributed by atoms with van der Waals surface area (Å²) < 4.78 is 5.40. The number of benzene rings is 2. The Morgan fingerprint density at radius 3 is 2.67 bits per heavy atom. The molecule has 2 atom stereocenters. The normalized spacial score (nSPS) is 16.7. The average Bonchev–Trinajstić information content (AvgIpc) is 3.31. The van der Waals surface area contributed by atoms with Crippen LogP contribution in [0.3, 0.4) is 0 Å². The lowest BCUT2D eigenvalue weighted by molar-refractivity contribution is -0.144. The molecular formula is C30H34N4O7S2. The Labute approximate surface area is 257 Å². The average molecular weight is 627 g/mol. The van der Waals surface area contributed by atoms with Gasteiger partial charge in [0.15, 0.2) is 0 Å². The Morgan fingerprint density at radius 1 is 1.19 bits per heavy atom. The van der Waals surface area contributed by atoms with E-state index >= 15 is 0 Å². The van der Waals surface area contributed by atoms with Crippen molar-refractivity contribution < 1.29 is 33.8 Å². The molecule has 11 nitrogen and oxygen atoms in total. The van der Waals surface area contributed by atoms with E-state index in [2.05, 4.69) is 17.2 Å². The number of hydrogen-bond donors (Lipinski definition) is 3. The first kappa shape index (κ1) is 32.0. The molecule has 0 bridgehead atoms. The molecule has 13 heteroatoms. The summed E-state index contributed by atoms with van der Waals surface area (Å²) in [6.45, 7) is 5.85. The number of aliphatic carboxylic acids is 1. The summed E-state index contributed by atoms with van der Waals surface area (Å²) in [6.07, 6.45) is 0.600. The van der Waals surface area contributed by atoms with Gasteiger partial charge in [-0.05, 0) is 37.5 Å². The van der Waals surface area contributed by atoms with Gasteiger partial charge in [0.05, 0.1) is 0 Å². The topological polar surface area (TPSA) is 145 Å². The first-order chi connectivity index (χ1) is 20.6. The van der Waals surface area contributed by atoms with Crippen molar-refractivity contribution in [3.63, 3.8) is 0 Å². The molecule has 2 aromatic carbocycles. The van der Waals surface area contributed by atoms with E-state index < -0.39 is 18.1 Å². The van der Waals surface area contributed by atoms with Crippen LogP contribution in [-0.2, 0) is 32.2 Å². The third kappa shape index (κ3) is 8.77. The molecule has 0 aliphatic carbocycles. The number of rotatable bonds is 13. The Kier molecular flexibility index (Phi) is 11.1. The Hall–Kier alpha value is -3.97. The zero-order chi connectivity index (χ0) is 30.9. The number of fused-ring (bicyclic) bond motifs is 1. The van der Waals surface area contributed by atoms with Gasteiger partial charge in [-0.3, -0.25) is 24.5 Å². The maximum absolute atomic E-state index is 13.0. The summed E-state index contributed by atoms with van der Waals surface area (Å²) >= 11 is 0. The number of nitrogens with one attached hydrogen (secondary N) is 2. The van der Waals surface area contributed by atoms with Crippen LogP contribution in [-0.4, -0.2) is 74.9 Å². The van der Waals surface area contributed by atoms with Crippen LogP contribution in [0.1, 0.15) is 47.7 Å². The number of carboxylic acids is 1. The summed E-state index contributed by atoms with van der Waals surface area (Å²) in [5.74, 6) is -1.36. The molecule has 228 valence electrons. The number of piperidine rings is 1. The van der Waals surface area contributed by atoms with Crippen molar-refractivity contribution in [3.8, 4) is 0 Å². The third-order valence-electron chi connectivity index (χ3n) is 6.91. The number of ether oxygens (including phenoxy) is 1. The summed E-state index contributed by atoms with van der Waals surface area (Å²) in [5, 5.41) is 14.6. The Morgan fingerprint density at radius 2 is 1.95 bits per heavy atom. The van der Waals surface area contributed by atoms with Gasteiger partial charge < -0.3 is 25.0 Å². The van der Waals surface area contributed by atoms with Gasteiger partial charge >= 0.3 is 12.1 Å². The molecule has 2 aromatic rings. The fraction of sp³-hybridized carbons (Fsp3) is 0.367. The molecule has 0 radical (unpaired) electrons. The summed E-state index contributed by atoms with van der Waals surface area (Å²) in [7, 11) is 2.91. The van der Waals surface area contributed by atoms with Crippen LogP contribution in [0, 0.1) is 0 Å². The lowest BCUT2D eigenvalue weighted by Gasteiger charge is -2.31. The number of amides is 4. The second-order valence-corrected chi connectivity index (χ2v) is 13.2. The standard InChI is InChI=1S/C30H34N4O7S2/c1-19-11-12-25(28(38)31-19)34-16-23-22(29(34)39)9-6-10-24(23)32-30(40)41-18-20(2)43-42-14-13-26(35)33(17-27(36)37)15-21-7-4-3-5-8-21/h3-10,20,25H,1,11-18H2,2H3,(H,31,38)(H,32,40)(H,36,37). The van der Waals surface area contributed by atoms with Gasteiger partial charge in [0.1, 0.15) is 19.2 Å². The van der Waals surface area contributed by atoms with E-state index in [0.717, 1.165) is 5.56 Å². The highest BCUT2D eigenvalue weighted by Gasteiger charge is 2.39.